The molecule has 0 fully saturated rings. The van der Waals surface area contributed by atoms with Gasteiger partial charge in [-0.05, 0) is 30.3 Å². The zero-order valence-electron chi connectivity index (χ0n) is 12.1. The number of nitrogens with zero attached hydrogens (tertiary/aromatic N) is 3. The molecule has 2 aromatic heterocycles. The molecule has 0 saturated heterocycles. The number of anilines is 1. The normalized spacial score (nSPS) is 11.1. The Bertz CT molecular complexity index is 849. The molecule has 3 N–H and O–H groups in total. The van der Waals surface area contributed by atoms with Crippen molar-refractivity contribution in [1.82, 2.24) is 9.99 Å². The van der Waals surface area contributed by atoms with Crippen LogP contribution in [0.3, 0.4) is 0 Å². The van der Waals surface area contributed by atoms with Crippen LogP contribution in [0, 0.1) is 0 Å². The number of fused-ring (bicyclic) bond motifs is 1. The van der Waals surface area contributed by atoms with E-state index in [0.717, 1.165) is 11.3 Å². The highest BCUT2D eigenvalue weighted by Gasteiger charge is 2.11. The van der Waals surface area contributed by atoms with E-state index in [1.807, 2.05) is 46.6 Å². The number of hydrogen-bond donors (Lipinski definition) is 2. The molecule has 6 heteroatoms. The number of carbonyl (C=O) groups is 1. The van der Waals surface area contributed by atoms with E-state index in [1.165, 1.54) is 0 Å². The Kier molecular flexibility index (Phi) is 3.57. The van der Waals surface area contributed by atoms with E-state index in [-0.39, 0.29) is 5.91 Å². The molecule has 0 aliphatic rings. The fraction of sp³-hybridized carbons (Fsp3) is 0.0625. The number of rotatable bonds is 3. The second-order valence-electron chi connectivity index (χ2n) is 4.90. The lowest BCUT2D eigenvalue weighted by Gasteiger charge is -1.99. The van der Waals surface area contributed by atoms with E-state index in [1.54, 1.807) is 30.5 Å². The molecule has 1 amide bonds. The molecule has 3 aromatic rings. The number of amides is 1. The van der Waals surface area contributed by atoms with Gasteiger partial charge < -0.3 is 5.73 Å². The highest BCUT2D eigenvalue weighted by Crippen LogP contribution is 2.05. The maximum atomic E-state index is 11.9. The SMILES string of the molecule is Cn1c(C=NNC(=O)c2ccc(N)cc2)c[n+]2ccccc12. The third-order valence-corrected chi connectivity index (χ3v) is 3.41. The number of aryl methyl sites for hydroxylation is 1. The summed E-state index contributed by atoms with van der Waals surface area (Å²) >= 11 is 0. The number of nitrogens with two attached hydrogens (primary N) is 1. The number of nitrogen functional groups attached to an aromatic ring is 1. The van der Waals surface area contributed by atoms with Crippen LogP contribution in [0.5, 0.6) is 0 Å². The fourth-order valence-electron chi connectivity index (χ4n) is 2.18. The summed E-state index contributed by atoms with van der Waals surface area (Å²) in [5.41, 5.74) is 11.1. The summed E-state index contributed by atoms with van der Waals surface area (Å²) in [6, 6.07) is 12.6. The first kappa shape index (κ1) is 13.8. The van der Waals surface area contributed by atoms with Crippen molar-refractivity contribution in [2.45, 2.75) is 0 Å². The largest absolute Gasteiger partial charge is 0.399 e. The van der Waals surface area contributed by atoms with Gasteiger partial charge in [0.15, 0.2) is 5.69 Å². The van der Waals surface area contributed by atoms with Crippen molar-refractivity contribution in [2.75, 3.05) is 5.73 Å². The predicted molar refractivity (Wildman–Crippen MR) is 84.5 cm³/mol. The van der Waals surface area contributed by atoms with Crippen molar-refractivity contribution in [3.8, 4) is 0 Å². The van der Waals surface area contributed by atoms with Crippen molar-refractivity contribution >= 4 is 23.5 Å². The number of pyridine rings is 1. The Morgan fingerprint density at radius 1 is 1.27 bits per heavy atom. The van der Waals surface area contributed by atoms with Crippen molar-refractivity contribution in [3.63, 3.8) is 0 Å². The van der Waals surface area contributed by atoms with E-state index in [2.05, 4.69) is 10.5 Å². The number of carbonyl (C=O) groups excluding carboxylic acids is 1. The van der Waals surface area contributed by atoms with E-state index < -0.39 is 0 Å². The maximum absolute atomic E-state index is 11.9. The summed E-state index contributed by atoms with van der Waals surface area (Å²) in [7, 11) is 1.94. The summed E-state index contributed by atoms with van der Waals surface area (Å²) in [5.74, 6) is -0.275. The van der Waals surface area contributed by atoms with Gasteiger partial charge in [0.25, 0.3) is 11.6 Å². The number of hydrogen-bond acceptors (Lipinski definition) is 3. The average molecular weight is 294 g/mol. The minimum atomic E-state index is -0.275. The van der Waals surface area contributed by atoms with Crippen LogP contribution in [-0.2, 0) is 7.05 Å². The van der Waals surface area contributed by atoms with Gasteiger partial charge in [-0.2, -0.15) is 5.10 Å². The van der Waals surface area contributed by atoms with E-state index in [4.69, 9.17) is 5.73 Å². The second-order valence-corrected chi connectivity index (χ2v) is 4.90. The quantitative estimate of drug-likeness (QED) is 0.328. The van der Waals surface area contributed by atoms with Gasteiger partial charge in [-0.25, -0.2) is 14.4 Å². The third-order valence-electron chi connectivity index (χ3n) is 3.41. The molecule has 110 valence electrons. The van der Waals surface area contributed by atoms with Crippen LogP contribution >= 0.6 is 0 Å². The zero-order chi connectivity index (χ0) is 15.5. The van der Waals surface area contributed by atoms with Crippen LogP contribution in [0.2, 0.25) is 0 Å². The van der Waals surface area contributed by atoms with Gasteiger partial charge in [0.2, 0.25) is 0 Å². The van der Waals surface area contributed by atoms with Crippen molar-refractivity contribution in [2.24, 2.45) is 12.1 Å². The molecule has 0 aliphatic carbocycles. The van der Waals surface area contributed by atoms with Gasteiger partial charge in [0.05, 0.1) is 19.5 Å². The highest BCUT2D eigenvalue weighted by molar-refractivity contribution is 5.95. The number of benzene rings is 1. The van der Waals surface area contributed by atoms with Crippen LogP contribution < -0.4 is 15.6 Å². The molecule has 0 aliphatic heterocycles. The van der Waals surface area contributed by atoms with E-state index in [0.29, 0.717) is 11.3 Å². The zero-order valence-corrected chi connectivity index (χ0v) is 12.1. The third kappa shape index (κ3) is 2.67. The Balaban J connectivity index is 1.74. The number of imidazole rings is 1. The minimum absolute atomic E-state index is 0.275. The molecule has 6 nitrogen and oxygen atoms in total. The standard InChI is InChI=1S/C16H15N5O/c1-20-14(11-21-9-3-2-4-15(20)21)10-18-19-16(22)12-5-7-13(17)8-6-12/h2-11H,1H3,(H2-,17,19,22)/p+1. The number of hydrazone groups is 1. The van der Waals surface area contributed by atoms with Crippen LogP contribution in [0.4, 0.5) is 5.69 Å². The Morgan fingerprint density at radius 3 is 2.77 bits per heavy atom. The molecular weight excluding hydrogens is 278 g/mol. The summed E-state index contributed by atoms with van der Waals surface area (Å²) < 4.78 is 3.97. The fourth-order valence-corrected chi connectivity index (χ4v) is 2.18. The van der Waals surface area contributed by atoms with Crippen LogP contribution in [0.1, 0.15) is 16.1 Å². The highest BCUT2D eigenvalue weighted by atomic mass is 16.2. The Labute approximate surface area is 127 Å². The Hall–Kier alpha value is -3.15. The predicted octanol–water partition coefficient (Wildman–Crippen LogP) is 1.11. The number of aromatic nitrogens is 2. The smallest absolute Gasteiger partial charge is 0.286 e. The first-order valence-electron chi connectivity index (χ1n) is 6.80. The molecular formula is C16H16N5O+. The summed E-state index contributed by atoms with van der Waals surface area (Å²) in [6.07, 6.45) is 5.51. The molecule has 2 heterocycles. The van der Waals surface area contributed by atoms with Gasteiger partial charge >= 0.3 is 0 Å². The second kappa shape index (κ2) is 5.69. The molecule has 0 saturated carbocycles. The molecule has 1 aromatic carbocycles. The van der Waals surface area contributed by atoms with Gasteiger partial charge in [0, 0.05) is 17.3 Å². The van der Waals surface area contributed by atoms with Gasteiger partial charge in [-0.1, -0.05) is 6.07 Å². The maximum Gasteiger partial charge on any atom is 0.286 e. The lowest BCUT2D eigenvalue weighted by Crippen LogP contribution is -2.17. The van der Waals surface area contributed by atoms with Crippen molar-refractivity contribution in [1.29, 1.82) is 0 Å². The molecule has 0 unspecified atom stereocenters. The van der Waals surface area contributed by atoms with Crippen molar-refractivity contribution < 1.29 is 9.20 Å². The lowest BCUT2D eigenvalue weighted by molar-refractivity contribution is -0.510. The first-order chi connectivity index (χ1) is 10.6. The topological polar surface area (TPSA) is 76.5 Å². The molecule has 0 atom stereocenters. The first-order valence-corrected chi connectivity index (χ1v) is 6.80. The lowest BCUT2D eigenvalue weighted by atomic mass is 10.2. The molecule has 22 heavy (non-hydrogen) atoms. The minimum Gasteiger partial charge on any atom is -0.399 e. The van der Waals surface area contributed by atoms with E-state index in [9.17, 15) is 4.79 Å². The van der Waals surface area contributed by atoms with Gasteiger partial charge in [-0.15, -0.1) is 0 Å². The molecule has 3 rings (SSSR count). The van der Waals surface area contributed by atoms with Gasteiger partial charge in [0.1, 0.15) is 6.20 Å². The molecule has 0 bridgehead atoms. The Morgan fingerprint density at radius 2 is 2.05 bits per heavy atom. The van der Waals surface area contributed by atoms with Crippen LogP contribution in [0.15, 0.2) is 60.0 Å². The summed E-state index contributed by atoms with van der Waals surface area (Å²) in [5, 5.41) is 4.01. The monoisotopic (exact) mass is 294 g/mol. The summed E-state index contributed by atoms with van der Waals surface area (Å²) in [6.45, 7) is 0. The van der Waals surface area contributed by atoms with Gasteiger partial charge in [-0.3, -0.25) is 4.79 Å². The summed E-state index contributed by atoms with van der Waals surface area (Å²) in [4.78, 5) is 11.9. The number of nitrogens with one attached hydrogen (secondary N) is 1. The molecule has 0 radical (unpaired) electrons. The van der Waals surface area contributed by atoms with Crippen LogP contribution in [0.25, 0.3) is 5.65 Å². The van der Waals surface area contributed by atoms with Crippen molar-refractivity contribution in [3.05, 3.63) is 66.1 Å². The van der Waals surface area contributed by atoms with Crippen LogP contribution in [-0.4, -0.2) is 16.7 Å². The average Bonchev–Trinajstić information content (AvgIpc) is 2.85. The van der Waals surface area contributed by atoms with E-state index >= 15 is 0 Å². The molecule has 0 spiro atoms.